The molecule has 2 aromatic rings. The molecule has 136 valence electrons. The first-order valence-electron chi connectivity index (χ1n) is 7.71. The first-order chi connectivity index (χ1) is 12.3. The summed E-state index contributed by atoms with van der Waals surface area (Å²) < 4.78 is 5.41. The molecule has 0 aliphatic rings. The monoisotopic (exact) mass is 391 g/mol. The van der Waals surface area contributed by atoms with E-state index in [4.69, 9.17) is 28.6 Å². The molecular weight excluding hydrogens is 374 g/mol. The van der Waals surface area contributed by atoms with Crippen molar-refractivity contribution in [2.75, 3.05) is 6.61 Å². The van der Waals surface area contributed by atoms with Crippen molar-refractivity contribution < 1.29 is 14.3 Å². The highest BCUT2D eigenvalue weighted by atomic mass is 35.5. The highest BCUT2D eigenvalue weighted by Crippen LogP contribution is 2.21. The molecule has 0 unspecified atom stereocenters. The Morgan fingerprint density at radius 2 is 1.88 bits per heavy atom. The van der Waals surface area contributed by atoms with E-state index in [1.165, 1.54) is 0 Å². The molecule has 8 heteroatoms. The Balaban J connectivity index is 1.76. The lowest BCUT2D eigenvalue weighted by atomic mass is 10.1. The van der Waals surface area contributed by atoms with E-state index in [2.05, 4.69) is 16.2 Å². The molecule has 0 saturated heterocycles. The maximum atomic E-state index is 12.0. The van der Waals surface area contributed by atoms with Gasteiger partial charge in [-0.25, -0.2) is 0 Å². The van der Waals surface area contributed by atoms with E-state index in [9.17, 15) is 9.59 Å². The molecule has 0 heterocycles. The minimum Gasteiger partial charge on any atom is -0.483 e. The third kappa shape index (κ3) is 6.02. The van der Waals surface area contributed by atoms with Crippen LogP contribution in [-0.4, -0.2) is 23.5 Å². The fourth-order valence-corrected chi connectivity index (χ4v) is 2.44. The summed E-state index contributed by atoms with van der Waals surface area (Å²) in [5, 5.41) is 3.05. The summed E-state index contributed by atoms with van der Waals surface area (Å²) in [5.41, 5.74) is 7.06. The molecule has 26 heavy (non-hydrogen) atoms. The number of ether oxygens (including phenoxy) is 1. The number of hydrazine groups is 1. The quantitative estimate of drug-likeness (QED) is 0.551. The van der Waals surface area contributed by atoms with Crippen LogP contribution in [0.4, 0.5) is 0 Å². The summed E-state index contributed by atoms with van der Waals surface area (Å²) in [6.07, 6.45) is 0. The van der Waals surface area contributed by atoms with Gasteiger partial charge >= 0.3 is 0 Å². The van der Waals surface area contributed by atoms with Gasteiger partial charge in [0.25, 0.3) is 11.8 Å². The van der Waals surface area contributed by atoms with Crippen molar-refractivity contribution in [2.45, 2.75) is 13.8 Å². The lowest BCUT2D eigenvalue weighted by Gasteiger charge is -2.12. The van der Waals surface area contributed by atoms with E-state index in [1.54, 1.807) is 36.4 Å². The average Bonchev–Trinajstić information content (AvgIpc) is 2.59. The van der Waals surface area contributed by atoms with Gasteiger partial charge in [-0.15, -0.1) is 0 Å². The van der Waals surface area contributed by atoms with Gasteiger partial charge in [-0.2, -0.15) is 0 Å². The standard InChI is InChI=1S/C18H18ClN3O3S/c1-11-4-3-5-13(8-11)17(24)20-18(26)22-21-16(23)10-25-15-7-6-14(19)9-12(15)2/h3-9H,10H2,1-2H3,(H,21,23)(H2,20,22,24,26). The molecule has 0 bridgehead atoms. The molecule has 2 rings (SSSR count). The summed E-state index contributed by atoms with van der Waals surface area (Å²) in [6, 6.07) is 12.2. The highest BCUT2D eigenvalue weighted by molar-refractivity contribution is 7.80. The molecule has 0 atom stereocenters. The normalized spacial score (nSPS) is 9.96. The highest BCUT2D eigenvalue weighted by Gasteiger charge is 2.09. The van der Waals surface area contributed by atoms with Gasteiger partial charge in [-0.3, -0.25) is 25.8 Å². The van der Waals surface area contributed by atoms with Crippen LogP contribution in [0.5, 0.6) is 5.75 Å². The second-order valence-corrected chi connectivity index (χ2v) is 6.37. The van der Waals surface area contributed by atoms with Crippen LogP contribution in [0, 0.1) is 13.8 Å². The van der Waals surface area contributed by atoms with Crippen molar-refractivity contribution in [2.24, 2.45) is 0 Å². The first-order valence-corrected chi connectivity index (χ1v) is 8.49. The predicted molar refractivity (Wildman–Crippen MR) is 104 cm³/mol. The molecule has 2 aromatic carbocycles. The van der Waals surface area contributed by atoms with E-state index >= 15 is 0 Å². The van der Waals surface area contributed by atoms with Gasteiger partial charge in [-0.1, -0.05) is 29.3 Å². The van der Waals surface area contributed by atoms with E-state index in [0.717, 1.165) is 11.1 Å². The lowest BCUT2D eigenvalue weighted by molar-refractivity contribution is -0.123. The zero-order chi connectivity index (χ0) is 19.1. The number of nitrogens with one attached hydrogen (secondary N) is 3. The lowest BCUT2D eigenvalue weighted by Crippen LogP contribution is -2.49. The van der Waals surface area contributed by atoms with E-state index in [1.807, 2.05) is 19.9 Å². The van der Waals surface area contributed by atoms with Crippen LogP contribution in [0.15, 0.2) is 42.5 Å². The molecule has 6 nitrogen and oxygen atoms in total. The predicted octanol–water partition coefficient (Wildman–Crippen LogP) is 2.67. The smallest absolute Gasteiger partial charge is 0.276 e. The molecule has 2 amide bonds. The summed E-state index contributed by atoms with van der Waals surface area (Å²) >= 11 is 10.8. The Morgan fingerprint density at radius 3 is 2.58 bits per heavy atom. The summed E-state index contributed by atoms with van der Waals surface area (Å²) in [6.45, 7) is 3.49. The van der Waals surface area contributed by atoms with Gasteiger partial charge in [0.1, 0.15) is 5.75 Å². The van der Waals surface area contributed by atoms with Gasteiger partial charge in [0.2, 0.25) is 0 Å². The van der Waals surface area contributed by atoms with Crippen LogP contribution in [0.1, 0.15) is 21.5 Å². The van der Waals surface area contributed by atoms with Crippen molar-refractivity contribution in [3.8, 4) is 5.75 Å². The zero-order valence-electron chi connectivity index (χ0n) is 14.3. The first kappa shape index (κ1) is 19.7. The van der Waals surface area contributed by atoms with Gasteiger partial charge < -0.3 is 4.74 Å². The number of aryl methyl sites for hydroxylation is 2. The number of thiocarbonyl (C=S) groups is 1. The number of rotatable bonds is 4. The number of amides is 2. The van der Waals surface area contributed by atoms with Crippen LogP contribution in [0.25, 0.3) is 0 Å². The van der Waals surface area contributed by atoms with Crippen molar-refractivity contribution in [1.82, 2.24) is 16.2 Å². The van der Waals surface area contributed by atoms with Crippen molar-refractivity contribution in [3.63, 3.8) is 0 Å². The summed E-state index contributed by atoms with van der Waals surface area (Å²) in [7, 11) is 0. The van der Waals surface area contributed by atoms with Crippen LogP contribution in [0.2, 0.25) is 5.02 Å². The van der Waals surface area contributed by atoms with Gasteiger partial charge in [0.15, 0.2) is 11.7 Å². The third-order valence-electron chi connectivity index (χ3n) is 3.32. The molecule has 0 aliphatic heterocycles. The molecule has 0 spiro atoms. The van der Waals surface area contributed by atoms with Crippen LogP contribution in [0.3, 0.4) is 0 Å². The van der Waals surface area contributed by atoms with E-state index in [0.29, 0.717) is 16.3 Å². The number of carbonyl (C=O) groups is 2. The molecule has 0 aromatic heterocycles. The number of hydrogen-bond acceptors (Lipinski definition) is 4. The molecular formula is C18H18ClN3O3S. The molecule has 0 saturated carbocycles. The Hall–Kier alpha value is -2.64. The average molecular weight is 392 g/mol. The molecule has 0 fully saturated rings. The summed E-state index contributed by atoms with van der Waals surface area (Å²) in [5.74, 6) is -0.264. The largest absolute Gasteiger partial charge is 0.483 e. The van der Waals surface area contributed by atoms with E-state index < -0.39 is 5.91 Å². The maximum absolute atomic E-state index is 12.0. The van der Waals surface area contributed by atoms with E-state index in [-0.39, 0.29) is 17.6 Å². The fraction of sp³-hybridized carbons (Fsp3) is 0.167. The minimum atomic E-state index is -0.452. The Bertz CT molecular complexity index is 842. The second kappa shape index (κ2) is 9.17. The number of carbonyl (C=O) groups excluding carboxylic acids is 2. The minimum absolute atomic E-state index is 0.0208. The van der Waals surface area contributed by atoms with Crippen molar-refractivity contribution in [1.29, 1.82) is 0 Å². The van der Waals surface area contributed by atoms with Crippen molar-refractivity contribution in [3.05, 3.63) is 64.2 Å². The van der Waals surface area contributed by atoms with Crippen LogP contribution >= 0.6 is 23.8 Å². The van der Waals surface area contributed by atoms with Gasteiger partial charge in [0.05, 0.1) is 0 Å². The van der Waals surface area contributed by atoms with Crippen molar-refractivity contribution >= 4 is 40.7 Å². The second-order valence-electron chi connectivity index (χ2n) is 5.52. The zero-order valence-corrected chi connectivity index (χ0v) is 15.8. The Morgan fingerprint density at radius 1 is 1.12 bits per heavy atom. The third-order valence-corrected chi connectivity index (χ3v) is 3.76. The summed E-state index contributed by atoms with van der Waals surface area (Å²) in [4.78, 5) is 23.8. The SMILES string of the molecule is Cc1cccc(C(=O)NC(=S)NNC(=O)COc2ccc(Cl)cc2C)c1. The molecule has 0 aliphatic carbocycles. The number of halogens is 1. The van der Waals surface area contributed by atoms with Gasteiger partial charge in [0, 0.05) is 10.6 Å². The maximum Gasteiger partial charge on any atom is 0.276 e. The fourth-order valence-electron chi connectivity index (χ4n) is 2.07. The number of hydrogen-bond donors (Lipinski definition) is 3. The number of benzene rings is 2. The Labute approximate surface area is 161 Å². The van der Waals surface area contributed by atoms with Crippen LogP contribution in [-0.2, 0) is 4.79 Å². The molecule has 3 N–H and O–H groups in total. The Kier molecular flexibility index (Phi) is 6.94. The van der Waals surface area contributed by atoms with Crippen LogP contribution < -0.4 is 20.9 Å². The topological polar surface area (TPSA) is 79.5 Å². The van der Waals surface area contributed by atoms with Gasteiger partial charge in [-0.05, 0) is 62.0 Å². The molecule has 0 radical (unpaired) electrons.